The molecule has 2 heterocycles. The van der Waals surface area contributed by atoms with Crippen LogP contribution >= 0.6 is 0 Å². The molecule has 3 rings (SSSR count). The summed E-state index contributed by atoms with van der Waals surface area (Å²) in [5.41, 5.74) is 4.03. The molecule has 1 unspecified atom stereocenters. The van der Waals surface area contributed by atoms with Gasteiger partial charge in [0.15, 0.2) is 11.4 Å². The molecular formula is C23H33N3O4+2. The predicted octanol–water partition coefficient (Wildman–Crippen LogP) is 3.27. The van der Waals surface area contributed by atoms with Crippen molar-refractivity contribution in [1.29, 1.82) is 0 Å². The first-order chi connectivity index (χ1) is 14.0. The molecular weight excluding hydrogens is 382 g/mol. The van der Waals surface area contributed by atoms with E-state index in [-0.39, 0.29) is 26.9 Å². The molecule has 0 aliphatic carbocycles. The molecule has 7 heteroatoms. The molecule has 1 aliphatic heterocycles. The lowest BCUT2D eigenvalue weighted by Gasteiger charge is -2.24. The molecule has 0 saturated heterocycles. The van der Waals surface area contributed by atoms with Gasteiger partial charge in [-0.05, 0) is 30.5 Å². The van der Waals surface area contributed by atoms with Gasteiger partial charge in [0.2, 0.25) is 0 Å². The number of nitrogens with zero attached hydrogens (tertiary/aromatic N) is 2. The van der Waals surface area contributed by atoms with Crippen LogP contribution in [0, 0.1) is 0 Å². The van der Waals surface area contributed by atoms with Crippen LogP contribution in [0.5, 0.6) is 5.75 Å². The number of hydrogen-bond donors (Lipinski definition) is 1. The topological polar surface area (TPSA) is 68.4 Å². The van der Waals surface area contributed by atoms with E-state index in [0.29, 0.717) is 36.9 Å². The van der Waals surface area contributed by atoms with Crippen LogP contribution in [0.2, 0.25) is 0 Å². The van der Waals surface area contributed by atoms with Gasteiger partial charge in [-0.1, -0.05) is 18.2 Å². The maximum Gasteiger partial charge on any atom is 0.365 e. The molecule has 0 radical (unpaired) electrons. The molecule has 0 spiro atoms. The zero-order chi connectivity index (χ0) is 22.3. The first-order valence-electron chi connectivity index (χ1n) is 10.3. The maximum atomic E-state index is 13.1. The number of amides is 2. The Labute approximate surface area is 178 Å². The number of quaternary nitrogens is 2. The van der Waals surface area contributed by atoms with E-state index in [1.807, 2.05) is 40.1 Å². The minimum atomic E-state index is -0.298. The summed E-state index contributed by atoms with van der Waals surface area (Å²) in [7, 11) is 9.09. The molecule has 1 aromatic carbocycles. The molecule has 2 amide bonds. The number of H-pyrrole nitrogens is 1. The zero-order valence-corrected chi connectivity index (χ0v) is 19.0. The Morgan fingerprint density at radius 1 is 1.13 bits per heavy atom. The number of aromatic nitrogens is 1. The van der Waals surface area contributed by atoms with Crippen molar-refractivity contribution < 1.29 is 28.0 Å². The molecule has 0 bridgehead atoms. The smallest absolute Gasteiger partial charge is 0.365 e. The summed E-state index contributed by atoms with van der Waals surface area (Å²) in [5.74, 6) is 0.153. The fourth-order valence-electron chi connectivity index (χ4n) is 3.47. The third-order valence-electron chi connectivity index (χ3n) is 5.73. The SMILES string of the molecule is CC[N+](C)(C)C(=O)c1cc(OC(C)c2cccc3c2COC3)c(C(=O)[N+](C)(C)C)[nH]1. The van der Waals surface area contributed by atoms with Crippen LogP contribution in [0.25, 0.3) is 0 Å². The summed E-state index contributed by atoms with van der Waals surface area (Å²) in [6.45, 7) is 5.71. The van der Waals surface area contributed by atoms with Gasteiger partial charge in [-0.25, -0.2) is 9.59 Å². The Bertz CT molecular complexity index is 969. The average Bonchev–Trinajstić information content (AvgIpc) is 3.32. The van der Waals surface area contributed by atoms with E-state index in [1.165, 1.54) is 0 Å². The van der Waals surface area contributed by atoms with E-state index >= 15 is 0 Å². The van der Waals surface area contributed by atoms with Crippen molar-refractivity contribution in [3.63, 3.8) is 0 Å². The lowest BCUT2D eigenvalue weighted by molar-refractivity contribution is -0.805. The summed E-state index contributed by atoms with van der Waals surface area (Å²) >= 11 is 0. The van der Waals surface area contributed by atoms with Crippen molar-refractivity contribution in [3.8, 4) is 5.75 Å². The van der Waals surface area contributed by atoms with E-state index in [1.54, 1.807) is 27.2 Å². The van der Waals surface area contributed by atoms with Crippen molar-refractivity contribution >= 4 is 11.8 Å². The second-order valence-electron chi connectivity index (χ2n) is 9.28. The minimum absolute atomic E-state index is 0.0828. The predicted molar refractivity (Wildman–Crippen MR) is 114 cm³/mol. The van der Waals surface area contributed by atoms with Crippen LogP contribution in [-0.4, -0.2) is 67.5 Å². The number of rotatable bonds is 6. The summed E-state index contributed by atoms with van der Waals surface area (Å²) in [5, 5.41) is 0. The quantitative estimate of drug-likeness (QED) is 0.736. The molecule has 1 aromatic heterocycles. The van der Waals surface area contributed by atoms with Gasteiger partial charge in [0.1, 0.15) is 11.8 Å². The molecule has 2 aromatic rings. The maximum absolute atomic E-state index is 13.1. The van der Waals surface area contributed by atoms with Gasteiger partial charge in [0.05, 0.1) is 55.0 Å². The minimum Gasteiger partial charge on any atom is -0.483 e. The average molecular weight is 416 g/mol. The Balaban J connectivity index is 1.99. The fourth-order valence-corrected chi connectivity index (χ4v) is 3.47. The summed E-state index contributed by atoms with van der Waals surface area (Å²) < 4.78 is 12.1. The van der Waals surface area contributed by atoms with Gasteiger partial charge in [-0.3, -0.25) is 8.97 Å². The summed E-state index contributed by atoms with van der Waals surface area (Å²) in [6, 6.07) is 7.74. The molecule has 1 atom stereocenters. The number of aromatic amines is 1. The van der Waals surface area contributed by atoms with Crippen molar-refractivity contribution in [1.82, 2.24) is 4.98 Å². The number of carbonyl (C=O) groups excluding carboxylic acids is 2. The van der Waals surface area contributed by atoms with Crippen LogP contribution < -0.4 is 4.74 Å². The van der Waals surface area contributed by atoms with Gasteiger partial charge >= 0.3 is 11.8 Å². The van der Waals surface area contributed by atoms with Crippen LogP contribution in [0.4, 0.5) is 0 Å². The largest absolute Gasteiger partial charge is 0.483 e. The van der Waals surface area contributed by atoms with Crippen molar-refractivity contribution in [2.24, 2.45) is 0 Å². The molecule has 7 nitrogen and oxygen atoms in total. The number of hydrogen-bond acceptors (Lipinski definition) is 4. The monoisotopic (exact) mass is 415 g/mol. The molecule has 162 valence electrons. The molecule has 30 heavy (non-hydrogen) atoms. The first kappa shape index (κ1) is 22.2. The molecule has 1 N–H and O–H groups in total. The van der Waals surface area contributed by atoms with E-state index < -0.39 is 0 Å². The number of ether oxygens (including phenoxy) is 2. The first-order valence-corrected chi connectivity index (χ1v) is 10.3. The molecule has 0 saturated carbocycles. The highest BCUT2D eigenvalue weighted by Gasteiger charge is 2.35. The van der Waals surface area contributed by atoms with Crippen molar-refractivity contribution in [2.75, 3.05) is 41.8 Å². The lowest BCUT2D eigenvalue weighted by atomic mass is 10.00. The highest BCUT2D eigenvalue weighted by Crippen LogP contribution is 2.33. The highest BCUT2D eigenvalue weighted by atomic mass is 16.5. The third-order valence-corrected chi connectivity index (χ3v) is 5.73. The van der Waals surface area contributed by atoms with E-state index in [4.69, 9.17) is 9.47 Å². The summed E-state index contributed by atoms with van der Waals surface area (Å²) in [6.07, 6.45) is -0.298. The Morgan fingerprint density at radius 3 is 2.47 bits per heavy atom. The zero-order valence-electron chi connectivity index (χ0n) is 19.0. The Morgan fingerprint density at radius 2 is 1.83 bits per heavy atom. The molecule has 1 aliphatic rings. The van der Waals surface area contributed by atoms with Crippen molar-refractivity contribution in [3.05, 3.63) is 52.3 Å². The normalized spacial score (nSPS) is 15.0. The fraction of sp³-hybridized carbons (Fsp3) is 0.478. The number of nitrogens with one attached hydrogen (secondary N) is 1. The second kappa shape index (κ2) is 7.98. The number of carbonyl (C=O) groups is 2. The standard InChI is InChI=1S/C23H32N3O4/c1-8-26(6,7)22(27)19-12-20(21(24-19)23(28)25(3,4)5)30-15(2)17-11-9-10-16-13-29-14-18(16)17/h9-12,15H,8,13-14H2,1-7H3/q+1/p+1. The van der Waals surface area contributed by atoms with Gasteiger partial charge in [0.25, 0.3) is 0 Å². The Hall–Kier alpha value is -2.48. The lowest BCUT2D eigenvalue weighted by Crippen LogP contribution is -2.45. The van der Waals surface area contributed by atoms with Crippen LogP contribution in [0.3, 0.4) is 0 Å². The number of fused-ring (bicyclic) bond motifs is 1. The van der Waals surface area contributed by atoms with Crippen LogP contribution in [-0.2, 0) is 18.0 Å². The van der Waals surface area contributed by atoms with Gasteiger partial charge in [-0.15, -0.1) is 0 Å². The van der Waals surface area contributed by atoms with Crippen LogP contribution in [0.15, 0.2) is 24.3 Å². The van der Waals surface area contributed by atoms with E-state index in [0.717, 1.165) is 16.7 Å². The van der Waals surface area contributed by atoms with E-state index in [2.05, 4.69) is 11.1 Å². The highest BCUT2D eigenvalue weighted by molar-refractivity contribution is 5.95. The van der Waals surface area contributed by atoms with E-state index in [9.17, 15) is 9.59 Å². The summed E-state index contributed by atoms with van der Waals surface area (Å²) in [4.78, 5) is 29.1. The van der Waals surface area contributed by atoms with Gasteiger partial charge < -0.3 is 14.5 Å². The van der Waals surface area contributed by atoms with Crippen molar-refractivity contribution in [2.45, 2.75) is 33.2 Å². The Kier molecular flexibility index (Phi) is 5.91. The van der Waals surface area contributed by atoms with Crippen LogP contribution in [0.1, 0.15) is 57.6 Å². The second-order valence-corrected chi connectivity index (χ2v) is 9.28. The van der Waals surface area contributed by atoms with Gasteiger partial charge in [0, 0.05) is 6.07 Å². The molecule has 0 fully saturated rings. The number of benzene rings is 1. The third kappa shape index (κ3) is 4.19. The van der Waals surface area contributed by atoms with Gasteiger partial charge in [-0.2, -0.15) is 0 Å².